The Kier molecular flexibility index (Phi) is 4.38. The Labute approximate surface area is 157 Å². The van der Waals surface area contributed by atoms with Gasteiger partial charge in [0, 0.05) is 17.3 Å². The number of aryl methyl sites for hydroxylation is 1. The van der Waals surface area contributed by atoms with E-state index in [0.717, 1.165) is 11.1 Å². The van der Waals surface area contributed by atoms with Crippen LogP contribution in [0.3, 0.4) is 0 Å². The van der Waals surface area contributed by atoms with Crippen molar-refractivity contribution in [3.05, 3.63) is 101 Å². The number of carbonyl (C=O) groups excluding carboxylic acids is 2. The van der Waals surface area contributed by atoms with Gasteiger partial charge in [-0.05, 0) is 42.3 Å². The van der Waals surface area contributed by atoms with E-state index in [1.165, 1.54) is 4.90 Å². The molecule has 0 unspecified atom stereocenters. The van der Waals surface area contributed by atoms with Gasteiger partial charge in [0.05, 0.1) is 12.2 Å². The minimum Gasteiger partial charge on any atom is -0.269 e. The summed E-state index contributed by atoms with van der Waals surface area (Å²) in [5, 5.41) is 0. The molecule has 2 aromatic carbocycles. The second-order valence-corrected chi connectivity index (χ2v) is 6.54. The molecule has 4 heteroatoms. The largest absolute Gasteiger partial charge is 0.269 e. The van der Waals surface area contributed by atoms with Crippen molar-refractivity contribution in [2.75, 3.05) is 0 Å². The summed E-state index contributed by atoms with van der Waals surface area (Å²) >= 11 is 0. The number of aromatic nitrogens is 1. The summed E-state index contributed by atoms with van der Waals surface area (Å²) in [6.07, 6.45) is 3.51. The lowest BCUT2D eigenvalue weighted by Crippen LogP contribution is -2.41. The SMILES string of the molecule is Cc1cccc(/C=C2\C(=O)N(Cc3ccccn3)C(=O)c3ccccc32)c1. The topological polar surface area (TPSA) is 50.3 Å². The Morgan fingerprint density at radius 2 is 1.67 bits per heavy atom. The number of pyridine rings is 1. The Hall–Kier alpha value is -3.53. The lowest BCUT2D eigenvalue weighted by Gasteiger charge is -2.28. The lowest BCUT2D eigenvalue weighted by atomic mass is 9.91. The van der Waals surface area contributed by atoms with Crippen LogP contribution in [0.5, 0.6) is 0 Å². The maximum absolute atomic E-state index is 13.2. The van der Waals surface area contributed by atoms with Crippen LogP contribution in [0.4, 0.5) is 0 Å². The third kappa shape index (κ3) is 3.29. The quantitative estimate of drug-likeness (QED) is 0.525. The van der Waals surface area contributed by atoms with Gasteiger partial charge >= 0.3 is 0 Å². The van der Waals surface area contributed by atoms with Crippen molar-refractivity contribution in [2.45, 2.75) is 13.5 Å². The molecule has 0 saturated heterocycles. The number of nitrogens with zero attached hydrogens (tertiary/aromatic N) is 2. The highest BCUT2D eigenvalue weighted by Crippen LogP contribution is 2.31. The molecule has 0 spiro atoms. The number of hydrogen-bond acceptors (Lipinski definition) is 3. The van der Waals surface area contributed by atoms with Gasteiger partial charge in [0.15, 0.2) is 0 Å². The van der Waals surface area contributed by atoms with Gasteiger partial charge in [0.25, 0.3) is 11.8 Å². The standard InChI is InChI=1S/C23H18N2O2/c1-16-7-6-8-17(13-16)14-21-19-10-2-3-11-20(19)22(26)25(23(21)27)15-18-9-4-5-12-24-18/h2-14H,15H2,1H3/b21-14-. The van der Waals surface area contributed by atoms with Crippen LogP contribution in [0.15, 0.2) is 72.9 Å². The predicted octanol–water partition coefficient (Wildman–Crippen LogP) is 4.11. The number of imide groups is 1. The van der Waals surface area contributed by atoms with Crippen LogP contribution in [0, 0.1) is 6.92 Å². The summed E-state index contributed by atoms with van der Waals surface area (Å²) in [7, 11) is 0. The fourth-order valence-corrected chi connectivity index (χ4v) is 3.27. The smallest absolute Gasteiger partial charge is 0.261 e. The van der Waals surface area contributed by atoms with Crippen molar-refractivity contribution in [1.29, 1.82) is 0 Å². The van der Waals surface area contributed by atoms with E-state index < -0.39 is 0 Å². The van der Waals surface area contributed by atoms with Crippen LogP contribution in [0.2, 0.25) is 0 Å². The van der Waals surface area contributed by atoms with Crippen LogP contribution >= 0.6 is 0 Å². The van der Waals surface area contributed by atoms with Crippen LogP contribution in [-0.4, -0.2) is 21.7 Å². The van der Waals surface area contributed by atoms with E-state index in [1.807, 2.05) is 73.7 Å². The number of hydrogen-bond donors (Lipinski definition) is 0. The van der Waals surface area contributed by atoms with Gasteiger partial charge in [0.2, 0.25) is 0 Å². The van der Waals surface area contributed by atoms with Crippen LogP contribution in [0.25, 0.3) is 11.6 Å². The molecule has 0 fully saturated rings. The number of carbonyl (C=O) groups is 2. The summed E-state index contributed by atoms with van der Waals surface area (Å²) < 4.78 is 0. The number of amides is 2. The van der Waals surface area contributed by atoms with E-state index in [9.17, 15) is 9.59 Å². The van der Waals surface area contributed by atoms with Crippen LogP contribution in [-0.2, 0) is 11.3 Å². The Balaban J connectivity index is 1.81. The van der Waals surface area contributed by atoms with Gasteiger partial charge in [-0.2, -0.15) is 0 Å². The zero-order chi connectivity index (χ0) is 18.8. The zero-order valence-corrected chi connectivity index (χ0v) is 14.9. The molecule has 1 aromatic heterocycles. The highest BCUT2D eigenvalue weighted by atomic mass is 16.2. The molecule has 3 aromatic rings. The lowest BCUT2D eigenvalue weighted by molar-refractivity contribution is -0.123. The van der Waals surface area contributed by atoms with E-state index in [0.29, 0.717) is 22.4 Å². The number of rotatable bonds is 3. The van der Waals surface area contributed by atoms with E-state index in [2.05, 4.69) is 4.98 Å². The zero-order valence-electron chi connectivity index (χ0n) is 14.9. The molecule has 0 atom stereocenters. The fourth-order valence-electron chi connectivity index (χ4n) is 3.27. The normalized spacial score (nSPS) is 15.1. The third-order valence-corrected chi connectivity index (χ3v) is 4.57. The summed E-state index contributed by atoms with van der Waals surface area (Å²) in [6, 6.07) is 20.6. The van der Waals surface area contributed by atoms with Crippen molar-refractivity contribution >= 4 is 23.5 Å². The summed E-state index contributed by atoms with van der Waals surface area (Å²) in [4.78, 5) is 31.7. The average molecular weight is 354 g/mol. The molecular formula is C23H18N2O2. The molecule has 132 valence electrons. The maximum Gasteiger partial charge on any atom is 0.261 e. The first-order valence-electron chi connectivity index (χ1n) is 8.77. The van der Waals surface area contributed by atoms with E-state index in [-0.39, 0.29) is 18.4 Å². The molecule has 4 rings (SSSR count). The van der Waals surface area contributed by atoms with Gasteiger partial charge in [-0.1, -0.05) is 54.1 Å². The molecule has 0 saturated carbocycles. The van der Waals surface area contributed by atoms with Crippen molar-refractivity contribution in [3.63, 3.8) is 0 Å². The first-order chi connectivity index (χ1) is 13.1. The molecule has 0 aliphatic carbocycles. The van der Waals surface area contributed by atoms with Gasteiger partial charge in [-0.25, -0.2) is 0 Å². The molecule has 0 N–H and O–H groups in total. The molecule has 2 amide bonds. The molecular weight excluding hydrogens is 336 g/mol. The summed E-state index contributed by atoms with van der Waals surface area (Å²) in [6.45, 7) is 2.16. The second-order valence-electron chi connectivity index (χ2n) is 6.54. The van der Waals surface area contributed by atoms with Gasteiger partial charge < -0.3 is 0 Å². The molecule has 4 nitrogen and oxygen atoms in total. The van der Waals surface area contributed by atoms with E-state index >= 15 is 0 Å². The molecule has 0 bridgehead atoms. The monoisotopic (exact) mass is 354 g/mol. The average Bonchev–Trinajstić information content (AvgIpc) is 2.69. The van der Waals surface area contributed by atoms with E-state index in [4.69, 9.17) is 0 Å². The van der Waals surface area contributed by atoms with Gasteiger partial charge in [-0.3, -0.25) is 19.5 Å². The van der Waals surface area contributed by atoms with E-state index in [1.54, 1.807) is 12.3 Å². The van der Waals surface area contributed by atoms with Gasteiger partial charge in [-0.15, -0.1) is 0 Å². The fraction of sp³-hybridized carbons (Fsp3) is 0.0870. The Morgan fingerprint density at radius 3 is 2.41 bits per heavy atom. The van der Waals surface area contributed by atoms with Crippen LogP contribution in [0.1, 0.15) is 32.7 Å². The maximum atomic E-state index is 13.2. The minimum atomic E-state index is -0.300. The molecule has 27 heavy (non-hydrogen) atoms. The highest BCUT2D eigenvalue weighted by Gasteiger charge is 2.34. The van der Waals surface area contributed by atoms with Crippen molar-refractivity contribution < 1.29 is 9.59 Å². The number of fused-ring (bicyclic) bond motifs is 1. The van der Waals surface area contributed by atoms with Crippen LogP contribution < -0.4 is 0 Å². The second kappa shape index (κ2) is 7.00. The molecule has 0 radical (unpaired) electrons. The molecule has 1 aliphatic rings. The Bertz CT molecular complexity index is 1050. The van der Waals surface area contributed by atoms with Crippen molar-refractivity contribution in [2.24, 2.45) is 0 Å². The summed E-state index contributed by atoms with van der Waals surface area (Å²) in [5.74, 6) is -0.589. The number of benzene rings is 2. The predicted molar refractivity (Wildman–Crippen MR) is 105 cm³/mol. The van der Waals surface area contributed by atoms with Gasteiger partial charge in [0.1, 0.15) is 0 Å². The molecule has 2 heterocycles. The third-order valence-electron chi connectivity index (χ3n) is 4.57. The van der Waals surface area contributed by atoms with Crippen molar-refractivity contribution in [1.82, 2.24) is 9.88 Å². The first-order valence-corrected chi connectivity index (χ1v) is 8.77. The first kappa shape index (κ1) is 16.9. The minimum absolute atomic E-state index is 0.151. The Morgan fingerprint density at radius 1 is 0.889 bits per heavy atom. The summed E-state index contributed by atoms with van der Waals surface area (Å²) in [5.41, 5.74) is 4.45. The highest BCUT2D eigenvalue weighted by molar-refractivity contribution is 6.33. The van der Waals surface area contributed by atoms with Crippen molar-refractivity contribution in [3.8, 4) is 0 Å². The molecule has 1 aliphatic heterocycles.